The Morgan fingerprint density at radius 1 is 0.952 bits per heavy atom. The van der Waals surface area contributed by atoms with Crippen molar-refractivity contribution in [3.63, 3.8) is 0 Å². The van der Waals surface area contributed by atoms with E-state index >= 15 is 0 Å². The van der Waals surface area contributed by atoms with Gasteiger partial charge in [0.15, 0.2) is 5.78 Å². The molecule has 0 spiro atoms. The summed E-state index contributed by atoms with van der Waals surface area (Å²) < 4.78 is 0. The van der Waals surface area contributed by atoms with Crippen LogP contribution in [0.1, 0.15) is 44.9 Å². The monoisotopic (exact) mass is 283 g/mol. The van der Waals surface area contributed by atoms with Gasteiger partial charge in [0.05, 0.1) is 17.0 Å². The molecule has 0 radical (unpaired) electrons. The molecule has 108 valence electrons. The summed E-state index contributed by atoms with van der Waals surface area (Å²) in [6, 6.07) is 6.77. The zero-order valence-corrected chi connectivity index (χ0v) is 12.5. The molecule has 0 fully saturated rings. The number of aryl methyl sites for hydroxylation is 3. The van der Waals surface area contributed by atoms with Gasteiger partial charge in [0, 0.05) is 11.3 Å². The third-order valence-corrected chi connectivity index (χ3v) is 3.16. The molecule has 2 aromatic rings. The maximum atomic E-state index is 12.3. The van der Waals surface area contributed by atoms with E-state index in [0.717, 1.165) is 0 Å². The highest BCUT2D eigenvalue weighted by molar-refractivity contribution is 6.06. The lowest BCUT2D eigenvalue weighted by molar-refractivity contribution is 0.101. The summed E-state index contributed by atoms with van der Waals surface area (Å²) in [6.45, 7) is 6.87. The van der Waals surface area contributed by atoms with E-state index in [-0.39, 0.29) is 11.7 Å². The van der Waals surface area contributed by atoms with Gasteiger partial charge in [0.25, 0.3) is 5.91 Å². The van der Waals surface area contributed by atoms with Crippen LogP contribution in [-0.2, 0) is 0 Å². The predicted octanol–water partition coefficient (Wildman–Crippen LogP) is 2.86. The van der Waals surface area contributed by atoms with Gasteiger partial charge in [-0.25, -0.2) is 9.97 Å². The first-order valence-electron chi connectivity index (χ1n) is 6.62. The Kier molecular flexibility index (Phi) is 4.12. The van der Waals surface area contributed by atoms with E-state index in [4.69, 9.17) is 0 Å². The number of nitrogens with one attached hydrogen (secondary N) is 1. The predicted molar refractivity (Wildman–Crippen MR) is 80.6 cm³/mol. The largest absolute Gasteiger partial charge is 0.322 e. The van der Waals surface area contributed by atoms with Crippen LogP contribution in [0.2, 0.25) is 0 Å². The van der Waals surface area contributed by atoms with Gasteiger partial charge in [0.2, 0.25) is 0 Å². The van der Waals surface area contributed by atoms with Crippen LogP contribution in [0.5, 0.6) is 0 Å². The van der Waals surface area contributed by atoms with E-state index in [1.165, 1.54) is 6.92 Å². The molecule has 21 heavy (non-hydrogen) atoms. The fourth-order valence-corrected chi connectivity index (χ4v) is 2.19. The summed E-state index contributed by atoms with van der Waals surface area (Å²) in [4.78, 5) is 32.0. The molecule has 5 heteroatoms. The third kappa shape index (κ3) is 3.31. The van der Waals surface area contributed by atoms with Crippen LogP contribution in [0.4, 0.5) is 5.69 Å². The van der Waals surface area contributed by atoms with Crippen LogP contribution in [-0.4, -0.2) is 21.7 Å². The van der Waals surface area contributed by atoms with Gasteiger partial charge in [0.1, 0.15) is 5.82 Å². The van der Waals surface area contributed by atoms with Gasteiger partial charge in [-0.1, -0.05) is 0 Å². The molecular weight excluding hydrogens is 266 g/mol. The number of aromatic nitrogens is 2. The van der Waals surface area contributed by atoms with Crippen LogP contribution in [0, 0.1) is 20.8 Å². The number of carbonyl (C=O) groups is 2. The molecule has 0 unspecified atom stereocenters. The number of rotatable bonds is 3. The summed E-state index contributed by atoms with van der Waals surface area (Å²) in [7, 11) is 0. The van der Waals surface area contributed by atoms with E-state index in [9.17, 15) is 9.59 Å². The van der Waals surface area contributed by atoms with E-state index in [2.05, 4.69) is 15.3 Å². The van der Waals surface area contributed by atoms with Crippen molar-refractivity contribution in [3.05, 3.63) is 52.6 Å². The number of hydrogen-bond donors (Lipinski definition) is 1. The standard InChI is InChI=1S/C16H17N3O2/c1-9-15(10(2)18-12(4)17-9)16(21)19-14-7-5-13(6-8-14)11(3)20/h5-8H,1-4H3,(H,19,21). The molecule has 1 amide bonds. The Morgan fingerprint density at radius 3 is 1.95 bits per heavy atom. The summed E-state index contributed by atoms with van der Waals surface area (Å²) in [5.41, 5.74) is 3.02. The summed E-state index contributed by atoms with van der Waals surface area (Å²) >= 11 is 0. The van der Waals surface area contributed by atoms with Crippen molar-refractivity contribution in [1.29, 1.82) is 0 Å². The SMILES string of the molecule is CC(=O)c1ccc(NC(=O)c2c(C)nc(C)nc2C)cc1. The smallest absolute Gasteiger partial charge is 0.259 e. The lowest BCUT2D eigenvalue weighted by atomic mass is 10.1. The quantitative estimate of drug-likeness (QED) is 0.879. The van der Waals surface area contributed by atoms with Gasteiger partial charge in [-0.05, 0) is 52.0 Å². The lowest BCUT2D eigenvalue weighted by Gasteiger charge is -2.10. The Hall–Kier alpha value is -2.56. The van der Waals surface area contributed by atoms with Crippen molar-refractivity contribution in [2.75, 3.05) is 5.32 Å². The number of hydrogen-bond acceptors (Lipinski definition) is 4. The number of benzene rings is 1. The fraction of sp³-hybridized carbons (Fsp3) is 0.250. The van der Waals surface area contributed by atoms with Gasteiger partial charge >= 0.3 is 0 Å². The number of amides is 1. The van der Waals surface area contributed by atoms with Gasteiger partial charge in [-0.3, -0.25) is 9.59 Å². The fourth-order valence-electron chi connectivity index (χ4n) is 2.19. The van der Waals surface area contributed by atoms with Crippen molar-refractivity contribution in [1.82, 2.24) is 9.97 Å². The minimum atomic E-state index is -0.249. The summed E-state index contributed by atoms with van der Waals surface area (Å²) in [6.07, 6.45) is 0. The molecule has 0 saturated heterocycles. The number of Topliss-reactive ketones (excluding diaryl/α,β-unsaturated/α-hetero) is 1. The molecule has 1 N–H and O–H groups in total. The summed E-state index contributed by atoms with van der Waals surface area (Å²) in [5.74, 6) is 0.388. The normalized spacial score (nSPS) is 10.3. The average molecular weight is 283 g/mol. The van der Waals surface area contributed by atoms with E-state index < -0.39 is 0 Å². The van der Waals surface area contributed by atoms with Crippen LogP contribution < -0.4 is 5.32 Å². The van der Waals surface area contributed by atoms with Crippen molar-refractivity contribution in [2.24, 2.45) is 0 Å². The second-order valence-corrected chi connectivity index (χ2v) is 4.90. The minimum Gasteiger partial charge on any atom is -0.322 e. The molecule has 1 aromatic heterocycles. The minimum absolute atomic E-state index is 0.00787. The van der Waals surface area contributed by atoms with Crippen molar-refractivity contribution in [3.8, 4) is 0 Å². The molecule has 1 aromatic carbocycles. The molecule has 0 saturated carbocycles. The molecule has 0 bridgehead atoms. The summed E-state index contributed by atoms with van der Waals surface area (Å²) in [5, 5.41) is 2.80. The molecule has 0 aliphatic heterocycles. The highest BCUT2D eigenvalue weighted by Crippen LogP contribution is 2.15. The van der Waals surface area contributed by atoms with Crippen LogP contribution in [0.3, 0.4) is 0 Å². The third-order valence-electron chi connectivity index (χ3n) is 3.16. The molecule has 0 aliphatic carbocycles. The maximum Gasteiger partial charge on any atom is 0.259 e. The number of ketones is 1. The second kappa shape index (κ2) is 5.83. The topological polar surface area (TPSA) is 72.0 Å². The number of nitrogens with zero attached hydrogens (tertiary/aromatic N) is 2. The van der Waals surface area contributed by atoms with Crippen molar-refractivity contribution >= 4 is 17.4 Å². The highest BCUT2D eigenvalue weighted by Gasteiger charge is 2.15. The molecule has 5 nitrogen and oxygen atoms in total. The molecule has 1 heterocycles. The number of anilines is 1. The van der Waals surface area contributed by atoms with Crippen LogP contribution in [0.15, 0.2) is 24.3 Å². The first-order valence-corrected chi connectivity index (χ1v) is 6.62. The van der Waals surface area contributed by atoms with Crippen LogP contribution in [0.25, 0.3) is 0 Å². The van der Waals surface area contributed by atoms with E-state index in [0.29, 0.717) is 34.0 Å². The van der Waals surface area contributed by atoms with Crippen molar-refractivity contribution < 1.29 is 9.59 Å². The lowest BCUT2D eigenvalue weighted by Crippen LogP contribution is -2.17. The zero-order chi connectivity index (χ0) is 15.6. The maximum absolute atomic E-state index is 12.3. The Morgan fingerprint density at radius 2 is 1.48 bits per heavy atom. The van der Waals surface area contributed by atoms with E-state index in [1.807, 2.05) is 0 Å². The van der Waals surface area contributed by atoms with Crippen molar-refractivity contribution in [2.45, 2.75) is 27.7 Å². The average Bonchev–Trinajstić information content (AvgIpc) is 2.37. The van der Waals surface area contributed by atoms with Gasteiger partial charge in [-0.15, -0.1) is 0 Å². The first-order chi connectivity index (χ1) is 9.88. The molecule has 0 atom stereocenters. The Bertz CT molecular complexity index is 683. The van der Waals surface area contributed by atoms with Crippen LogP contribution >= 0.6 is 0 Å². The van der Waals surface area contributed by atoms with E-state index in [1.54, 1.807) is 45.0 Å². The zero-order valence-electron chi connectivity index (χ0n) is 12.5. The Labute approximate surface area is 123 Å². The van der Waals surface area contributed by atoms with Gasteiger partial charge in [-0.2, -0.15) is 0 Å². The highest BCUT2D eigenvalue weighted by atomic mass is 16.1. The first kappa shape index (κ1) is 14.8. The molecule has 0 aliphatic rings. The molecular formula is C16H17N3O2. The Balaban J connectivity index is 2.24. The van der Waals surface area contributed by atoms with Gasteiger partial charge < -0.3 is 5.32 Å². The molecule has 2 rings (SSSR count). The number of carbonyl (C=O) groups excluding carboxylic acids is 2. The second-order valence-electron chi connectivity index (χ2n) is 4.90.